The predicted molar refractivity (Wildman–Crippen MR) is 89.7 cm³/mol. The van der Waals surface area contributed by atoms with Crippen molar-refractivity contribution < 1.29 is 9.53 Å². The number of benzene rings is 1. The third kappa shape index (κ3) is 3.17. The maximum absolute atomic E-state index is 12.9. The van der Waals surface area contributed by atoms with Crippen LogP contribution in [0.15, 0.2) is 30.3 Å². The summed E-state index contributed by atoms with van der Waals surface area (Å²) in [5, 5.41) is 0. The van der Waals surface area contributed by atoms with E-state index in [-0.39, 0.29) is 5.91 Å². The molecule has 0 atom stereocenters. The standard InChI is InChI=1S/C18H21NO2S/c1-12-10-17(13(2)22-12)18(20)19(15-6-7-15)11-14-4-8-16(21-3)9-5-14/h4-5,8-10,15H,6-7,11H2,1-3H3. The number of amides is 1. The molecule has 0 spiro atoms. The first-order valence-electron chi connectivity index (χ1n) is 7.59. The molecular formula is C18H21NO2S. The van der Waals surface area contributed by atoms with Crippen LogP contribution in [0.2, 0.25) is 0 Å². The Balaban J connectivity index is 1.80. The first-order valence-corrected chi connectivity index (χ1v) is 8.41. The van der Waals surface area contributed by atoms with Crippen molar-refractivity contribution in [1.82, 2.24) is 4.90 Å². The SMILES string of the molecule is COc1ccc(CN(C(=O)c2cc(C)sc2C)C2CC2)cc1. The van der Waals surface area contributed by atoms with Crippen molar-refractivity contribution in [2.75, 3.05) is 7.11 Å². The normalized spacial score (nSPS) is 14.0. The van der Waals surface area contributed by atoms with Crippen molar-refractivity contribution in [2.45, 2.75) is 39.3 Å². The molecule has 3 rings (SSSR count). The van der Waals surface area contributed by atoms with Crippen molar-refractivity contribution in [2.24, 2.45) is 0 Å². The Labute approximate surface area is 135 Å². The van der Waals surface area contributed by atoms with Gasteiger partial charge in [0.2, 0.25) is 0 Å². The Kier molecular flexibility index (Phi) is 4.21. The zero-order chi connectivity index (χ0) is 15.7. The van der Waals surface area contributed by atoms with Gasteiger partial charge in [-0.25, -0.2) is 0 Å². The molecule has 0 bridgehead atoms. The molecule has 0 N–H and O–H groups in total. The molecule has 1 saturated carbocycles. The number of thiophene rings is 1. The Hall–Kier alpha value is -1.81. The van der Waals surface area contributed by atoms with Crippen LogP contribution in [0.4, 0.5) is 0 Å². The summed E-state index contributed by atoms with van der Waals surface area (Å²) in [6, 6.07) is 10.4. The molecule has 1 aromatic carbocycles. The molecule has 1 fully saturated rings. The van der Waals surface area contributed by atoms with Crippen LogP contribution in [-0.2, 0) is 6.54 Å². The predicted octanol–water partition coefficient (Wildman–Crippen LogP) is 4.18. The molecule has 1 amide bonds. The van der Waals surface area contributed by atoms with Crippen molar-refractivity contribution >= 4 is 17.2 Å². The van der Waals surface area contributed by atoms with Gasteiger partial charge in [0, 0.05) is 22.3 Å². The van der Waals surface area contributed by atoms with E-state index in [0.29, 0.717) is 12.6 Å². The quantitative estimate of drug-likeness (QED) is 0.828. The van der Waals surface area contributed by atoms with E-state index in [1.807, 2.05) is 42.2 Å². The second kappa shape index (κ2) is 6.13. The fourth-order valence-corrected chi connectivity index (χ4v) is 3.59. The van der Waals surface area contributed by atoms with E-state index in [2.05, 4.69) is 6.92 Å². The van der Waals surface area contributed by atoms with Gasteiger partial charge in [-0.3, -0.25) is 4.79 Å². The number of carbonyl (C=O) groups excluding carboxylic acids is 1. The molecule has 116 valence electrons. The highest BCUT2D eigenvalue weighted by atomic mass is 32.1. The highest BCUT2D eigenvalue weighted by Crippen LogP contribution is 2.32. The summed E-state index contributed by atoms with van der Waals surface area (Å²) in [5.41, 5.74) is 2.01. The molecule has 3 nitrogen and oxygen atoms in total. The van der Waals surface area contributed by atoms with Gasteiger partial charge in [-0.1, -0.05) is 12.1 Å². The smallest absolute Gasteiger partial charge is 0.255 e. The molecule has 1 aliphatic rings. The molecule has 22 heavy (non-hydrogen) atoms. The van der Waals surface area contributed by atoms with Gasteiger partial charge < -0.3 is 9.64 Å². The minimum Gasteiger partial charge on any atom is -0.497 e. The van der Waals surface area contributed by atoms with E-state index in [0.717, 1.165) is 34.6 Å². The van der Waals surface area contributed by atoms with Crippen LogP contribution in [0.5, 0.6) is 5.75 Å². The first-order chi connectivity index (χ1) is 10.6. The molecule has 1 aromatic heterocycles. The van der Waals surface area contributed by atoms with Crippen molar-refractivity contribution in [1.29, 1.82) is 0 Å². The van der Waals surface area contributed by atoms with E-state index < -0.39 is 0 Å². The van der Waals surface area contributed by atoms with Crippen LogP contribution in [0.1, 0.15) is 38.5 Å². The summed E-state index contributed by atoms with van der Waals surface area (Å²) < 4.78 is 5.19. The maximum Gasteiger partial charge on any atom is 0.255 e. The molecule has 1 aliphatic carbocycles. The number of ether oxygens (including phenoxy) is 1. The molecule has 0 saturated heterocycles. The summed E-state index contributed by atoms with van der Waals surface area (Å²) in [4.78, 5) is 17.2. The topological polar surface area (TPSA) is 29.5 Å². The van der Waals surface area contributed by atoms with E-state index >= 15 is 0 Å². The van der Waals surface area contributed by atoms with Gasteiger partial charge in [0.1, 0.15) is 5.75 Å². The Bertz CT molecular complexity index is 671. The van der Waals surface area contributed by atoms with Crippen molar-refractivity contribution in [3.63, 3.8) is 0 Å². The fraction of sp³-hybridized carbons (Fsp3) is 0.389. The molecule has 0 unspecified atom stereocenters. The van der Waals surface area contributed by atoms with Crippen LogP contribution < -0.4 is 4.74 Å². The van der Waals surface area contributed by atoms with Crippen LogP contribution >= 0.6 is 11.3 Å². The summed E-state index contributed by atoms with van der Waals surface area (Å²) in [7, 11) is 1.66. The average Bonchev–Trinajstić information content (AvgIpc) is 3.29. The Morgan fingerprint density at radius 3 is 2.45 bits per heavy atom. The average molecular weight is 315 g/mol. The van der Waals surface area contributed by atoms with Gasteiger partial charge in [-0.2, -0.15) is 0 Å². The van der Waals surface area contributed by atoms with Crippen LogP contribution in [0.3, 0.4) is 0 Å². The first kappa shape index (κ1) is 15.1. The molecule has 1 heterocycles. The lowest BCUT2D eigenvalue weighted by Gasteiger charge is -2.22. The van der Waals surface area contributed by atoms with Gasteiger partial charge >= 0.3 is 0 Å². The van der Waals surface area contributed by atoms with Crippen molar-refractivity contribution in [3.05, 3.63) is 51.2 Å². The number of hydrogen-bond donors (Lipinski definition) is 0. The van der Waals surface area contributed by atoms with Gasteiger partial charge in [0.15, 0.2) is 0 Å². The molecule has 0 radical (unpaired) electrons. The summed E-state index contributed by atoms with van der Waals surface area (Å²) >= 11 is 1.69. The summed E-state index contributed by atoms with van der Waals surface area (Å²) in [6.07, 6.45) is 2.23. The number of carbonyl (C=O) groups is 1. The Morgan fingerprint density at radius 1 is 1.27 bits per heavy atom. The molecule has 0 aliphatic heterocycles. The zero-order valence-electron chi connectivity index (χ0n) is 13.3. The van der Waals surface area contributed by atoms with Crippen LogP contribution in [0, 0.1) is 13.8 Å². The summed E-state index contributed by atoms with van der Waals surface area (Å²) in [5.74, 6) is 1.01. The molecule has 4 heteroatoms. The van der Waals surface area contributed by atoms with E-state index in [1.54, 1.807) is 18.4 Å². The van der Waals surface area contributed by atoms with E-state index in [1.165, 1.54) is 4.88 Å². The lowest BCUT2D eigenvalue weighted by Crippen LogP contribution is -2.32. The lowest BCUT2D eigenvalue weighted by molar-refractivity contribution is 0.0730. The summed E-state index contributed by atoms with van der Waals surface area (Å²) in [6.45, 7) is 4.75. The number of nitrogens with zero attached hydrogens (tertiary/aromatic N) is 1. The highest BCUT2D eigenvalue weighted by molar-refractivity contribution is 7.12. The number of methoxy groups -OCH3 is 1. The lowest BCUT2D eigenvalue weighted by atomic mass is 10.1. The minimum atomic E-state index is 0.167. The van der Waals surface area contributed by atoms with E-state index in [4.69, 9.17) is 4.74 Å². The second-order valence-electron chi connectivity index (χ2n) is 5.84. The maximum atomic E-state index is 12.9. The largest absolute Gasteiger partial charge is 0.497 e. The monoisotopic (exact) mass is 315 g/mol. The van der Waals surface area contributed by atoms with Gasteiger partial charge in [0.25, 0.3) is 5.91 Å². The minimum absolute atomic E-state index is 0.167. The van der Waals surface area contributed by atoms with Crippen LogP contribution in [-0.4, -0.2) is 24.0 Å². The number of hydrogen-bond acceptors (Lipinski definition) is 3. The zero-order valence-corrected chi connectivity index (χ0v) is 14.1. The van der Waals surface area contributed by atoms with Gasteiger partial charge in [-0.15, -0.1) is 11.3 Å². The fourth-order valence-electron chi connectivity index (χ4n) is 2.68. The number of rotatable bonds is 5. The third-order valence-electron chi connectivity index (χ3n) is 4.03. The second-order valence-corrected chi connectivity index (χ2v) is 7.30. The number of aryl methyl sites for hydroxylation is 2. The van der Waals surface area contributed by atoms with Crippen LogP contribution in [0.25, 0.3) is 0 Å². The molecular weight excluding hydrogens is 294 g/mol. The Morgan fingerprint density at radius 2 is 1.95 bits per heavy atom. The van der Waals surface area contributed by atoms with Gasteiger partial charge in [-0.05, 0) is 50.5 Å². The molecule has 2 aromatic rings. The van der Waals surface area contributed by atoms with Crippen molar-refractivity contribution in [3.8, 4) is 5.75 Å². The third-order valence-corrected chi connectivity index (χ3v) is 5.00. The van der Waals surface area contributed by atoms with E-state index in [9.17, 15) is 4.79 Å². The highest BCUT2D eigenvalue weighted by Gasteiger charge is 2.33. The van der Waals surface area contributed by atoms with Gasteiger partial charge in [0.05, 0.1) is 12.7 Å².